The lowest BCUT2D eigenvalue weighted by Crippen LogP contribution is -2.55. The molecule has 13 heavy (non-hydrogen) atoms. The maximum atomic E-state index is 10.9. The first kappa shape index (κ1) is 6.44. The Morgan fingerprint density at radius 2 is 1.92 bits per heavy atom. The van der Waals surface area contributed by atoms with E-state index in [0.717, 1.165) is 25.7 Å². The average molecular weight is 185 g/mol. The van der Waals surface area contributed by atoms with E-state index in [-0.39, 0.29) is 5.92 Å². The minimum atomic E-state index is -2.02. The van der Waals surface area contributed by atoms with E-state index in [0.29, 0.717) is 19.3 Å². The van der Waals surface area contributed by atoms with Crippen molar-refractivity contribution < 1.29 is 9.22 Å². The summed E-state index contributed by atoms with van der Waals surface area (Å²) in [6.07, 6.45) is 5.85. The number of fused-ring (bicyclic) bond motifs is 1. The zero-order valence-electron chi connectivity index (χ0n) is 11.5. The summed E-state index contributed by atoms with van der Waals surface area (Å²) >= 11 is 0. The maximum absolute atomic E-state index is 10.9. The van der Waals surface area contributed by atoms with Gasteiger partial charge >= 0.3 is 0 Å². The molecule has 0 heterocycles. The molecule has 0 aliphatic heterocycles. The lowest BCUT2D eigenvalue weighted by atomic mass is 9.54. The molecule has 1 nitrogen and oxygen atoms in total. The Labute approximate surface area is 85.8 Å². The van der Waals surface area contributed by atoms with Gasteiger partial charge < -0.3 is 5.11 Å². The fraction of sp³-hybridized carbons (Fsp3) is 1.00. The molecule has 0 amide bonds. The van der Waals surface area contributed by atoms with Gasteiger partial charge in [-0.2, -0.15) is 0 Å². The summed E-state index contributed by atoms with van der Waals surface area (Å²) in [6.45, 7) is 0.00181. The van der Waals surface area contributed by atoms with Gasteiger partial charge in [-0.3, -0.25) is 0 Å². The lowest BCUT2D eigenvalue weighted by molar-refractivity contribution is -0.164. The van der Waals surface area contributed by atoms with E-state index in [4.69, 9.17) is 4.11 Å². The van der Waals surface area contributed by atoms with Gasteiger partial charge in [0.15, 0.2) is 0 Å². The molecule has 1 heteroatoms. The van der Waals surface area contributed by atoms with E-state index in [1.807, 2.05) is 6.92 Å². The molecule has 76 valence electrons. The van der Waals surface area contributed by atoms with Crippen LogP contribution in [0.2, 0.25) is 0 Å². The highest BCUT2D eigenvalue weighted by molar-refractivity contribution is 5.04. The van der Waals surface area contributed by atoms with Crippen molar-refractivity contribution in [1.82, 2.24) is 0 Å². The molecule has 0 aromatic heterocycles. The molecule has 2 rings (SSSR count). The fourth-order valence-electron chi connectivity index (χ4n) is 3.29. The predicted molar refractivity (Wildman–Crippen MR) is 54.5 cm³/mol. The van der Waals surface area contributed by atoms with Crippen LogP contribution in [0.15, 0.2) is 0 Å². The molecule has 0 aromatic carbocycles. The van der Waals surface area contributed by atoms with Gasteiger partial charge in [-0.05, 0) is 37.0 Å². The summed E-state index contributed by atoms with van der Waals surface area (Å²) in [5.41, 5.74) is -1.77. The summed E-state index contributed by atoms with van der Waals surface area (Å²) < 4.78 is 23.5. The van der Waals surface area contributed by atoms with E-state index in [2.05, 4.69) is 0 Å². The van der Waals surface area contributed by atoms with Crippen molar-refractivity contribution in [2.45, 2.75) is 64.3 Å². The molecule has 2 aliphatic carbocycles. The molecule has 3 atom stereocenters. The molecule has 1 N–H and O–H groups in total. The minimum Gasteiger partial charge on any atom is -0.389 e. The van der Waals surface area contributed by atoms with Crippen molar-refractivity contribution in [1.29, 1.82) is 0 Å². The van der Waals surface area contributed by atoms with Gasteiger partial charge in [0.05, 0.1) is 5.60 Å². The zero-order valence-corrected chi connectivity index (χ0v) is 8.47. The van der Waals surface area contributed by atoms with Crippen LogP contribution in [0, 0.1) is 11.3 Å². The van der Waals surface area contributed by atoms with Crippen molar-refractivity contribution in [3.63, 3.8) is 0 Å². The van der Waals surface area contributed by atoms with Crippen LogP contribution in [0.5, 0.6) is 0 Å². The normalized spacial score (nSPS) is 55.8. The number of rotatable bonds is 0. The van der Waals surface area contributed by atoms with Crippen molar-refractivity contribution >= 4 is 0 Å². The molecule has 0 bridgehead atoms. The number of hydrogen-bond donors (Lipinski definition) is 1. The maximum Gasteiger partial charge on any atom is 0.0726 e. The first-order valence-electron chi connectivity index (χ1n) is 7.06. The van der Waals surface area contributed by atoms with Gasteiger partial charge in [-0.15, -0.1) is 0 Å². The Morgan fingerprint density at radius 1 is 1.23 bits per heavy atom. The minimum absolute atomic E-state index is 0.127. The summed E-state index contributed by atoms with van der Waals surface area (Å²) in [5.74, 6) is 0.127. The van der Waals surface area contributed by atoms with E-state index < -0.39 is 17.9 Å². The third-order valence-electron chi connectivity index (χ3n) is 4.30. The van der Waals surface area contributed by atoms with E-state index in [9.17, 15) is 5.11 Å². The van der Waals surface area contributed by atoms with E-state index in [1.54, 1.807) is 0 Å². The Kier molecular flexibility index (Phi) is 1.48. The molecule has 2 saturated carbocycles. The van der Waals surface area contributed by atoms with Gasteiger partial charge in [0, 0.05) is 4.11 Å². The zero-order chi connectivity index (χ0) is 12.0. The second-order valence-corrected chi connectivity index (χ2v) is 5.01. The highest BCUT2D eigenvalue weighted by Crippen LogP contribution is 2.55. The van der Waals surface area contributed by atoms with Crippen LogP contribution < -0.4 is 0 Å². The smallest absolute Gasteiger partial charge is 0.0726 e. The van der Waals surface area contributed by atoms with Crippen LogP contribution >= 0.6 is 0 Å². The first-order valence-corrected chi connectivity index (χ1v) is 5.56. The molecule has 2 aliphatic rings. The van der Waals surface area contributed by atoms with Gasteiger partial charge in [0.25, 0.3) is 0 Å². The SMILES string of the molecule is [2H]C([2H])([2H])C12CCCCC1(O)C(C)CCC2. The molecule has 0 radical (unpaired) electrons. The summed E-state index contributed by atoms with van der Waals surface area (Å²) in [7, 11) is 0. The molecule has 0 saturated heterocycles. The molecule has 3 unspecified atom stereocenters. The Hall–Kier alpha value is -0.0400. The molecule has 0 aromatic rings. The summed E-state index contributed by atoms with van der Waals surface area (Å²) in [4.78, 5) is 0. The van der Waals surface area contributed by atoms with Crippen molar-refractivity contribution in [3.8, 4) is 0 Å². The second-order valence-electron chi connectivity index (χ2n) is 5.01. The Morgan fingerprint density at radius 3 is 2.62 bits per heavy atom. The molecular formula is C12H22O. The Bertz CT molecular complexity index is 272. The monoisotopic (exact) mass is 185 g/mol. The van der Waals surface area contributed by atoms with Crippen LogP contribution in [0.1, 0.15) is 62.8 Å². The van der Waals surface area contributed by atoms with Gasteiger partial charge in [-0.25, -0.2) is 0 Å². The van der Waals surface area contributed by atoms with Crippen molar-refractivity contribution in [3.05, 3.63) is 0 Å². The van der Waals surface area contributed by atoms with Crippen molar-refractivity contribution in [2.24, 2.45) is 11.3 Å². The molecule has 2 fully saturated rings. The van der Waals surface area contributed by atoms with E-state index in [1.165, 1.54) is 0 Å². The highest BCUT2D eigenvalue weighted by Gasteiger charge is 2.52. The second kappa shape index (κ2) is 2.98. The molecule has 0 spiro atoms. The van der Waals surface area contributed by atoms with Gasteiger partial charge in [0.2, 0.25) is 0 Å². The Balaban J connectivity index is 2.44. The number of hydrogen-bond acceptors (Lipinski definition) is 1. The van der Waals surface area contributed by atoms with Crippen LogP contribution in [-0.4, -0.2) is 10.7 Å². The quantitative estimate of drug-likeness (QED) is 0.615. The van der Waals surface area contributed by atoms with Crippen molar-refractivity contribution in [2.75, 3.05) is 0 Å². The molecular weight excluding hydrogens is 160 g/mol. The summed E-state index contributed by atoms with van der Waals surface area (Å²) in [6, 6.07) is 0. The standard InChI is InChI=1S/C12H22O/c1-10-6-5-8-11(2)7-3-4-9-12(10,11)13/h10,13H,3-9H2,1-2H3/i2D3. The van der Waals surface area contributed by atoms with Gasteiger partial charge in [0.1, 0.15) is 0 Å². The van der Waals surface area contributed by atoms with Crippen LogP contribution in [0.25, 0.3) is 0 Å². The fourth-order valence-corrected chi connectivity index (χ4v) is 3.29. The largest absolute Gasteiger partial charge is 0.389 e. The predicted octanol–water partition coefficient (Wildman–Crippen LogP) is 3.12. The van der Waals surface area contributed by atoms with Crippen LogP contribution in [0.3, 0.4) is 0 Å². The average Bonchev–Trinajstić information content (AvgIpc) is 2.18. The van der Waals surface area contributed by atoms with Crippen LogP contribution in [0.4, 0.5) is 0 Å². The lowest BCUT2D eigenvalue weighted by Gasteiger charge is -2.55. The third kappa shape index (κ3) is 1.24. The van der Waals surface area contributed by atoms with Crippen LogP contribution in [-0.2, 0) is 0 Å². The highest BCUT2D eigenvalue weighted by atomic mass is 16.3. The van der Waals surface area contributed by atoms with E-state index >= 15 is 0 Å². The number of aliphatic hydroxyl groups is 1. The first-order chi connectivity index (χ1) is 7.33. The topological polar surface area (TPSA) is 20.2 Å². The van der Waals surface area contributed by atoms with Gasteiger partial charge in [-0.1, -0.05) is 33.0 Å². The third-order valence-corrected chi connectivity index (χ3v) is 4.30. The summed E-state index contributed by atoms with van der Waals surface area (Å²) in [5, 5.41) is 10.9.